The summed E-state index contributed by atoms with van der Waals surface area (Å²) in [5.74, 6) is 1.36. The van der Waals surface area contributed by atoms with Crippen molar-refractivity contribution in [1.29, 1.82) is 0 Å². The SMILES string of the molecule is CC[C@H](N)c1ccccc1Oc1cc(Br)ccc1Cl. The maximum atomic E-state index is 6.13. The molecule has 0 aromatic heterocycles. The number of benzene rings is 2. The molecule has 100 valence electrons. The summed E-state index contributed by atoms with van der Waals surface area (Å²) in [6.07, 6.45) is 0.854. The van der Waals surface area contributed by atoms with Crippen LogP contribution < -0.4 is 10.5 Å². The fourth-order valence-corrected chi connectivity index (χ4v) is 2.27. The molecule has 1 atom stereocenters. The van der Waals surface area contributed by atoms with Crippen molar-refractivity contribution in [2.75, 3.05) is 0 Å². The van der Waals surface area contributed by atoms with Crippen LogP contribution in [0.5, 0.6) is 11.5 Å². The molecule has 0 amide bonds. The average molecular weight is 341 g/mol. The van der Waals surface area contributed by atoms with Gasteiger partial charge in [-0.25, -0.2) is 0 Å². The Morgan fingerprint density at radius 3 is 2.68 bits per heavy atom. The van der Waals surface area contributed by atoms with Gasteiger partial charge in [-0.3, -0.25) is 0 Å². The van der Waals surface area contributed by atoms with Gasteiger partial charge in [-0.2, -0.15) is 0 Å². The molecule has 0 saturated carbocycles. The highest BCUT2D eigenvalue weighted by atomic mass is 79.9. The second-order valence-corrected chi connectivity index (χ2v) is 5.55. The standard InChI is InChI=1S/C15H15BrClNO/c1-2-13(18)11-5-3-4-6-14(11)19-15-9-10(16)7-8-12(15)17/h3-9,13H,2,18H2,1H3/t13-/m0/s1. The molecule has 0 aliphatic carbocycles. The van der Waals surface area contributed by atoms with Crippen molar-refractivity contribution < 1.29 is 4.74 Å². The lowest BCUT2D eigenvalue weighted by Crippen LogP contribution is -2.09. The first-order chi connectivity index (χ1) is 9.11. The van der Waals surface area contributed by atoms with Crippen molar-refractivity contribution in [2.45, 2.75) is 19.4 Å². The molecule has 2 aromatic rings. The van der Waals surface area contributed by atoms with Crippen LogP contribution in [0, 0.1) is 0 Å². The molecule has 0 radical (unpaired) electrons. The summed E-state index contributed by atoms with van der Waals surface area (Å²) in [6, 6.07) is 13.2. The van der Waals surface area contributed by atoms with Crippen molar-refractivity contribution in [2.24, 2.45) is 5.73 Å². The number of ether oxygens (including phenoxy) is 1. The van der Waals surface area contributed by atoms with Gasteiger partial charge in [0.15, 0.2) is 0 Å². The van der Waals surface area contributed by atoms with Crippen LogP contribution in [0.15, 0.2) is 46.9 Å². The topological polar surface area (TPSA) is 35.2 Å². The van der Waals surface area contributed by atoms with E-state index < -0.39 is 0 Å². The molecule has 0 saturated heterocycles. The molecule has 0 heterocycles. The van der Waals surface area contributed by atoms with Crippen LogP contribution in [-0.4, -0.2) is 0 Å². The number of rotatable bonds is 4. The Morgan fingerprint density at radius 2 is 1.95 bits per heavy atom. The third-order valence-electron chi connectivity index (χ3n) is 2.87. The number of hydrogen-bond donors (Lipinski definition) is 1. The minimum Gasteiger partial charge on any atom is -0.455 e. The zero-order valence-electron chi connectivity index (χ0n) is 10.6. The fraction of sp³-hybridized carbons (Fsp3) is 0.200. The van der Waals surface area contributed by atoms with Crippen LogP contribution in [0.3, 0.4) is 0 Å². The summed E-state index contributed by atoms with van der Waals surface area (Å²) in [4.78, 5) is 0. The number of hydrogen-bond acceptors (Lipinski definition) is 2. The Hall–Kier alpha value is -1.03. The van der Waals surface area contributed by atoms with Gasteiger partial charge in [0.05, 0.1) is 5.02 Å². The summed E-state index contributed by atoms with van der Waals surface area (Å²) < 4.78 is 6.82. The zero-order valence-corrected chi connectivity index (χ0v) is 12.9. The maximum absolute atomic E-state index is 6.13. The van der Waals surface area contributed by atoms with E-state index in [1.54, 1.807) is 6.07 Å². The monoisotopic (exact) mass is 339 g/mol. The third kappa shape index (κ3) is 3.50. The van der Waals surface area contributed by atoms with Gasteiger partial charge >= 0.3 is 0 Å². The lowest BCUT2D eigenvalue weighted by atomic mass is 10.0. The van der Waals surface area contributed by atoms with Crippen molar-refractivity contribution in [3.8, 4) is 11.5 Å². The quantitative estimate of drug-likeness (QED) is 0.819. The molecule has 0 spiro atoms. The van der Waals surface area contributed by atoms with Crippen LogP contribution in [0.2, 0.25) is 5.02 Å². The zero-order chi connectivity index (χ0) is 13.8. The Kier molecular flexibility index (Phi) is 4.86. The Balaban J connectivity index is 2.35. The molecular weight excluding hydrogens is 326 g/mol. The number of para-hydroxylation sites is 1. The van der Waals surface area contributed by atoms with E-state index in [-0.39, 0.29) is 6.04 Å². The highest BCUT2D eigenvalue weighted by Crippen LogP contribution is 2.35. The van der Waals surface area contributed by atoms with Crippen LogP contribution in [-0.2, 0) is 0 Å². The van der Waals surface area contributed by atoms with E-state index in [0.29, 0.717) is 10.8 Å². The Morgan fingerprint density at radius 1 is 1.21 bits per heavy atom. The molecule has 0 unspecified atom stereocenters. The van der Waals surface area contributed by atoms with Crippen molar-refractivity contribution in [3.05, 3.63) is 57.5 Å². The molecule has 2 rings (SSSR count). The van der Waals surface area contributed by atoms with E-state index in [1.807, 2.05) is 43.3 Å². The van der Waals surface area contributed by atoms with Gasteiger partial charge in [-0.1, -0.05) is 52.7 Å². The van der Waals surface area contributed by atoms with Gasteiger partial charge in [0, 0.05) is 16.1 Å². The minimum absolute atomic E-state index is 0.0397. The normalized spacial score (nSPS) is 12.2. The fourth-order valence-electron chi connectivity index (χ4n) is 1.77. The first kappa shape index (κ1) is 14.4. The van der Waals surface area contributed by atoms with Gasteiger partial charge in [0.2, 0.25) is 0 Å². The molecule has 2 aromatic carbocycles. The molecule has 0 aliphatic heterocycles. The molecule has 2 N–H and O–H groups in total. The number of nitrogens with two attached hydrogens (primary N) is 1. The predicted octanol–water partition coefficient (Wildman–Crippen LogP) is 5.30. The third-order valence-corrected chi connectivity index (χ3v) is 3.68. The molecule has 4 heteroatoms. The van der Waals surface area contributed by atoms with Crippen LogP contribution in [0.4, 0.5) is 0 Å². The highest BCUT2D eigenvalue weighted by molar-refractivity contribution is 9.10. The molecule has 0 bridgehead atoms. The lowest BCUT2D eigenvalue weighted by Gasteiger charge is -2.16. The second-order valence-electron chi connectivity index (χ2n) is 4.23. The van der Waals surface area contributed by atoms with Gasteiger partial charge in [-0.15, -0.1) is 0 Å². The van der Waals surface area contributed by atoms with E-state index in [2.05, 4.69) is 15.9 Å². The number of halogens is 2. The minimum atomic E-state index is -0.0397. The summed E-state index contributed by atoms with van der Waals surface area (Å²) in [6.45, 7) is 2.05. The largest absolute Gasteiger partial charge is 0.455 e. The second kappa shape index (κ2) is 6.42. The molecule has 0 fully saturated rings. The lowest BCUT2D eigenvalue weighted by molar-refractivity contribution is 0.468. The van der Waals surface area contributed by atoms with Crippen molar-refractivity contribution >= 4 is 27.5 Å². The summed E-state index contributed by atoms with van der Waals surface area (Å²) >= 11 is 9.54. The van der Waals surface area contributed by atoms with Gasteiger partial charge in [-0.05, 0) is 30.7 Å². The first-order valence-corrected chi connectivity index (χ1v) is 7.26. The van der Waals surface area contributed by atoms with Gasteiger partial charge in [0.25, 0.3) is 0 Å². The average Bonchev–Trinajstić information content (AvgIpc) is 2.42. The van der Waals surface area contributed by atoms with Crippen LogP contribution in [0.25, 0.3) is 0 Å². The van der Waals surface area contributed by atoms with Gasteiger partial charge in [0.1, 0.15) is 11.5 Å². The van der Waals surface area contributed by atoms with Gasteiger partial charge < -0.3 is 10.5 Å². The van der Waals surface area contributed by atoms with E-state index in [9.17, 15) is 0 Å². The summed E-state index contributed by atoms with van der Waals surface area (Å²) in [5.41, 5.74) is 7.08. The predicted molar refractivity (Wildman–Crippen MR) is 82.9 cm³/mol. The highest BCUT2D eigenvalue weighted by Gasteiger charge is 2.12. The van der Waals surface area contributed by atoms with E-state index >= 15 is 0 Å². The molecule has 19 heavy (non-hydrogen) atoms. The van der Waals surface area contributed by atoms with E-state index in [0.717, 1.165) is 22.2 Å². The van der Waals surface area contributed by atoms with Crippen LogP contribution >= 0.6 is 27.5 Å². The summed E-state index contributed by atoms with van der Waals surface area (Å²) in [5, 5.41) is 0.572. The van der Waals surface area contributed by atoms with Crippen LogP contribution in [0.1, 0.15) is 24.9 Å². The Labute approximate surface area is 126 Å². The Bertz CT molecular complexity index is 574. The molecular formula is C15H15BrClNO. The van der Waals surface area contributed by atoms with Crippen molar-refractivity contribution in [1.82, 2.24) is 0 Å². The van der Waals surface area contributed by atoms with E-state index in [1.165, 1.54) is 0 Å². The maximum Gasteiger partial charge on any atom is 0.147 e. The summed E-state index contributed by atoms with van der Waals surface area (Å²) in [7, 11) is 0. The smallest absolute Gasteiger partial charge is 0.147 e. The molecule has 2 nitrogen and oxygen atoms in total. The molecule has 0 aliphatic rings. The first-order valence-electron chi connectivity index (χ1n) is 6.09. The van der Waals surface area contributed by atoms with E-state index in [4.69, 9.17) is 22.1 Å². The van der Waals surface area contributed by atoms with Crippen molar-refractivity contribution in [3.63, 3.8) is 0 Å².